The molecule has 0 spiro atoms. The van der Waals surface area contributed by atoms with Crippen molar-refractivity contribution in [2.24, 2.45) is 0 Å². The molecule has 3 aromatic rings. The van der Waals surface area contributed by atoms with Crippen LogP contribution in [-0.2, 0) is 0 Å². The molecular weight excluding hydrogens is 463 g/mol. The van der Waals surface area contributed by atoms with Crippen LogP contribution in [0.3, 0.4) is 0 Å². The van der Waals surface area contributed by atoms with E-state index >= 15 is 0 Å². The molecule has 0 aliphatic rings. The van der Waals surface area contributed by atoms with E-state index in [0.29, 0.717) is 34.5 Å². The maximum Gasteiger partial charge on any atom is 0.200 e. The Hall–Kier alpha value is -3.71. The molecule has 0 fully saturated rings. The average molecular weight is 496 g/mol. The summed E-state index contributed by atoms with van der Waals surface area (Å²) in [5, 5.41) is 28.0. The molecule has 3 aromatic carbocycles. The Morgan fingerprint density at radius 3 is 0.647 bits per heavy atom. The molecule has 0 saturated heterocycles. The van der Waals surface area contributed by atoms with E-state index in [-0.39, 0.29) is 27.1 Å². The fourth-order valence-corrected chi connectivity index (χ4v) is 2.49. The minimum atomic E-state index is 0. The monoisotopic (exact) mass is 496 g/mol. The third-order valence-corrected chi connectivity index (χ3v) is 4.21. The fourth-order valence-electron chi connectivity index (χ4n) is 2.49. The molecule has 0 aliphatic heterocycles. The van der Waals surface area contributed by atoms with Crippen molar-refractivity contribution in [1.82, 2.24) is 0 Å². The van der Waals surface area contributed by atoms with Gasteiger partial charge in [-0.2, -0.15) is 9.90 Å². The van der Waals surface area contributed by atoms with E-state index in [0.717, 1.165) is 0 Å². The molecule has 0 heterocycles. The summed E-state index contributed by atoms with van der Waals surface area (Å²) in [6.07, 6.45) is 0. The van der Waals surface area contributed by atoms with Gasteiger partial charge in [0.15, 0.2) is 34.5 Å². The Morgan fingerprint density at radius 2 is 0.529 bits per heavy atom. The van der Waals surface area contributed by atoms with Crippen molar-refractivity contribution in [3.8, 4) is 51.7 Å². The van der Waals surface area contributed by atoms with Crippen molar-refractivity contribution < 1.29 is 43.7 Å². The summed E-state index contributed by atoms with van der Waals surface area (Å²) >= 11 is 0. The Morgan fingerprint density at radius 1 is 0.382 bits per heavy atom. The number of ether oxygens (including phenoxy) is 6. The molecule has 0 saturated carbocycles. The van der Waals surface area contributed by atoms with E-state index in [1.807, 2.05) is 0 Å². The number of hydrogen-bond donors (Lipinski definition) is 3. The van der Waals surface area contributed by atoms with Crippen LogP contribution in [0.15, 0.2) is 54.6 Å². The minimum Gasteiger partial charge on any atom is -0.502 e. The Balaban J connectivity index is 0.000000473. The van der Waals surface area contributed by atoms with E-state index in [9.17, 15) is 15.3 Å². The average Bonchev–Trinajstić information content (AvgIpc) is 2.85. The first-order valence-electron chi connectivity index (χ1n) is 9.58. The Kier molecular flexibility index (Phi) is 14.2. The molecule has 0 aromatic heterocycles. The molecule has 0 amide bonds. The molecular formula is C24H33O9P. The second-order valence-corrected chi connectivity index (χ2v) is 6.03. The van der Waals surface area contributed by atoms with Gasteiger partial charge in [-0.1, -0.05) is 18.2 Å². The third-order valence-electron chi connectivity index (χ3n) is 4.21. The van der Waals surface area contributed by atoms with Gasteiger partial charge in [0.1, 0.15) is 0 Å². The zero-order chi connectivity index (χ0) is 24.8. The van der Waals surface area contributed by atoms with Gasteiger partial charge in [0.05, 0.1) is 42.7 Å². The summed E-state index contributed by atoms with van der Waals surface area (Å²) in [6.45, 7) is 0. The summed E-state index contributed by atoms with van der Waals surface area (Å²) in [7, 11) is 8.97. The van der Waals surface area contributed by atoms with Crippen LogP contribution in [0.1, 0.15) is 0 Å². The van der Waals surface area contributed by atoms with Gasteiger partial charge in [0.25, 0.3) is 0 Å². The normalized spacial score (nSPS) is 9.00. The number of rotatable bonds is 6. The summed E-state index contributed by atoms with van der Waals surface area (Å²) in [6, 6.07) is 15.2. The second kappa shape index (κ2) is 16.0. The van der Waals surface area contributed by atoms with Gasteiger partial charge in [-0.3, -0.25) is 0 Å². The van der Waals surface area contributed by atoms with Gasteiger partial charge in [-0.15, -0.1) is 0 Å². The lowest BCUT2D eigenvalue weighted by Crippen LogP contribution is -1.87. The standard InChI is InChI=1S/3C8H10O3.H3P/c3*1-10-6-4-3-5-7(11-2)8(6)9;/h3*3-5,9H,1-2H3;1H3. The van der Waals surface area contributed by atoms with E-state index in [2.05, 4.69) is 0 Å². The predicted octanol–water partition coefficient (Wildman–Crippen LogP) is 4.29. The van der Waals surface area contributed by atoms with Crippen molar-refractivity contribution in [1.29, 1.82) is 0 Å². The highest BCUT2D eigenvalue weighted by Gasteiger charge is 2.07. The molecule has 0 aliphatic carbocycles. The summed E-state index contributed by atoms with van der Waals surface area (Å²) in [5.74, 6) is 2.64. The van der Waals surface area contributed by atoms with Crippen LogP contribution in [0, 0.1) is 0 Å². The lowest BCUT2D eigenvalue weighted by Gasteiger charge is -2.06. The van der Waals surface area contributed by atoms with Gasteiger partial charge in [0.2, 0.25) is 17.2 Å². The van der Waals surface area contributed by atoms with Crippen LogP contribution < -0.4 is 28.4 Å². The van der Waals surface area contributed by atoms with Crippen LogP contribution >= 0.6 is 9.90 Å². The lowest BCUT2D eigenvalue weighted by atomic mass is 10.3. The third kappa shape index (κ3) is 8.33. The molecule has 3 rings (SSSR count). The van der Waals surface area contributed by atoms with Crippen LogP contribution in [0.25, 0.3) is 0 Å². The lowest BCUT2D eigenvalue weighted by molar-refractivity contribution is 0.340. The Labute approximate surface area is 203 Å². The molecule has 188 valence electrons. The SMILES string of the molecule is COc1cccc(OC)c1O.COc1cccc(OC)c1O.COc1cccc(OC)c1O.P. The smallest absolute Gasteiger partial charge is 0.200 e. The van der Waals surface area contributed by atoms with Crippen molar-refractivity contribution in [3.05, 3.63) is 54.6 Å². The van der Waals surface area contributed by atoms with Gasteiger partial charge in [-0.25, -0.2) is 0 Å². The quantitative estimate of drug-likeness (QED) is 0.430. The summed E-state index contributed by atoms with van der Waals surface area (Å²) < 4.78 is 29.1. The number of para-hydroxylation sites is 3. The number of benzene rings is 3. The highest BCUT2D eigenvalue weighted by atomic mass is 31.0. The van der Waals surface area contributed by atoms with Crippen molar-refractivity contribution in [2.45, 2.75) is 0 Å². The zero-order valence-corrected chi connectivity index (χ0v) is 21.6. The van der Waals surface area contributed by atoms with Crippen LogP contribution in [0.4, 0.5) is 0 Å². The highest BCUT2D eigenvalue weighted by Crippen LogP contribution is 2.36. The van der Waals surface area contributed by atoms with E-state index in [1.165, 1.54) is 42.7 Å². The van der Waals surface area contributed by atoms with Gasteiger partial charge in [0, 0.05) is 0 Å². The molecule has 0 bridgehead atoms. The van der Waals surface area contributed by atoms with Crippen LogP contribution in [0.5, 0.6) is 51.7 Å². The van der Waals surface area contributed by atoms with Crippen LogP contribution in [0.2, 0.25) is 0 Å². The number of phenols is 3. The van der Waals surface area contributed by atoms with E-state index < -0.39 is 0 Å². The first-order valence-corrected chi connectivity index (χ1v) is 9.58. The number of hydrogen-bond acceptors (Lipinski definition) is 9. The molecule has 0 radical (unpaired) electrons. The van der Waals surface area contributed by atoms with Crippen LogP contribution in [-0.4, -0.2) is 58.0 Å². The van der Waals surface area contributed by atoms with Crippen molar-refractivity contribution in [2.75, 3.05) is 42.7 Å². The topological polar surface area (TPSA) is 116 Å². The maximum atomic E-state index is 9.34. The first-order chi connectivity index (χ1) is 15.9. The fraction of sp³-hybridized carbons (Fsp3) is 0.250. The zero-order valence-electron chi connectivity index (χ0n) is 20.2. The number of aromatic hydroxyl groups is 3. The first kappa shape index (κ1) is 30.3. The van der Waals surface area contributed by atoms with Crippen molar-refractivity contribution in [3.63, 3.8) is 0 Å². The molecule has 9 nitrogen and oxygen atoms in total. The molecule has 34 heavy (non-hydrogen) atoms. The molecule has 10 heteroatoms. The van der Waals surface area contributed by atoms with Gasteiger partial charge < -0.3 is 43.7 Å². The number of methoxy groups -OCH3 is 6. The largest absolute Gasteiger partial charge is 0.502 e. The summed E-state index contributed by atoms with van der Waals surface area (Å²) in [4.78, 5) is 0. The van der Waals surface area contributed by atoms with E-state index in [4.69, 9.17) is 28.4 Å². The van der Waals surface area contributed by atoms with Crippen molar-refractivity contribution >= 4 is 9.90 Å². The van der Waals surface area contributed by atoms with E-state index in [1.54, 1.807) is 54.6 Å². The Bertz CT molecular complexity index is 802. The van der Waals surface area contributed by atoms with Gasteiger partial charge in [-0.05, 0) is 36.4 Å². The van der Waals surface area contributed by atoms with Gasteiger partial charge >= 0.3 is 0 Å². The molecule has 1 unspecified atom stereocenters. The second-order valence-electron chi connectivity index (χ2n) is 6.03. The maximum absolute atomic E-state index is 9.34. The number of phenolic OH excluding ortho intramolecular Hbond substituents is 3. The minimum absolute atomic E-state index is 0. The molecule has 1 atom stereocenters. The molecule has 3 N–H and O–H groups in total. The summed E-state index contributed by atoms with van der Waals surface area (Å²) in [5.41, 5.74) is 0. The predicted molar refractivity (Wildman–Crippen MR) is 135 cm³/mol. The highest BCUT2D eigenvalue weighted by molar-refractivity contribution is 6.92.